The average molecular weight is 339 g/mol. The molecule has 4 heteroatoms. The van der Waals surface area contributed by atoms with Gasteiger partial charge in [0.25, 0.3) is 0 Å². The number of benzene rings is 2. The number of rotatable bonds is 4. The Morgan fingerprint density at radius 1 is 1.10 bits per heavy atom. The predicted molar refractivity (Wildman–Crippen MR) is 84.1 cm³/mol. The highest BCUT2D eigenvalue weighted by Gasteiger charge is 2.04. The molecule has 0 bridgehead atoms. The largest absolute Gasteiger partial charge is 0.488 e. The summed E-state index contributed by atoms with van der Waals surface area (Å²) in [7, 11) is 0. The second kappa shape index (κ2) is 7.28. The normalized spacial score (nSPS) is 9.29. The van der Waals surface area contributed by atoms with Crippen LogP contribution in [0.15, 0.2) is 58.6 Å². The highest BCUT2D eigenvalue weighted by Crippen LogP contribution is 2.27. The minimum Gasteiger partial charge on any atom is -0.488 e. The molecule has 21 heavy (non-hydrogen) atoms. The van der Waals surface area contributed by atoms with Gasteiger partial charge in [-0.1, -0.05) is 36.4 Å². The van der Waals surface area contributed by atoms with Crippen LogP contribution in [0.5, 0.6) is 5.75 Å². The van der Waals surface area contributed by atoms with Gasteiger partial charge in [-0.15, -0.1) is 0 Å². The molecule has 0 fully saturated rings. The van der Waals surface area contributed by atoms with Gasteiger partial charge in [0.05, 0.1) is 4.47 Å². The second-order valence-electron chi connectivity index (χ2n) is 4.25. The monoisotopic (exact) mass is 338 g/mol. The molecule has 0 N–H and O–H groups in total. The van der Waals surface area contributed by atoms with Crippen molar-refractivity contribution in [2.45, 2.75) is 6.61 Å². The zero-order chi connectivity index (χ0) is 15.1. The number of hydrogen-bond acceptors (Lipinski definition) is 3. The first-order chi connectivity index (χ1) is 10.2. The number of nitriles is 2. The average Bonchev–Trinajstić information content (AvgIpc) is 2.53. The van der Waals surface area contributed by atoms with Crippen molar-refractivity contribution >= 4 is 22.0 Å². The third kappa shape index (κ3) is 4.21. The van der Waals surface area contributed by atoms with Gasteiger partial charge in [0.1, 0.15) is 30.1 Å². The van der Waals surface area contributed by atoms with E-state index in [1.165, 1.54) is 6.08 Å². The van der Waals surface area contributed by atoms with Gasteiger partial charge in [0.15, 0.2) is 0 Å². The Labute approximate surface area is 131 Å². The second-order valence-corrected chi connectivity index (χ2v) is 5.10. The molecule has 2 aromatic rings. The van der Waals surface area contributed by atoms with Crippen LogP contribution < -0.4 is 4.74 Å². The third-order valence-electron chi connectivity index (χ3n) is 2.74. The summed E-state index contributed by atoms with van der Waals surface area (Å²) < 4.78 is 6.60. The molecule has 3 nitrogen and oxygen atoms in total. The molecule has 0 amide bonds. The number of halogens is 1. The van der Waals surface area contributed by atoms with Gasteiger partial charge >= 0.3 is 0 Å². The van der Waals surface area contributed by atoms with Crippen LogP contribution >= 0.6 is 15.9 Å². The van der Waals surface area contributed by atoms with Gasteiger partial charge in [-0.25, -0.2) is 0 Å². The molecule has 0 radical (unpaired) electrons. The number of ether oxygens (including phenoxy) is 1. The maximum atomic E-state index is 8.78. The van der Waals surface area contributed by atoms with Crippen molar-refractivity contribution in [2.24, 2.45) is 0 Å². The number of allylic oxidation sites excluding steroid dienone is 1. The van der Waals surface area contributed by atoms with Crippen LogP contribution in [0.25, 0.3) is 6.08 Å². The minimum atomic E-state index is 0.0614. The molecule has 0 heterocycles. The van der Waals surface area contributed by atoms with Crippen molar-refractivity contribution in [2.75, 3.05) is 0 Å². The lowest BCUT2D eigenvalue weighted by molar-refractivity contribution is 0.304. The fourth-order valence-electron chi connectivity index (χ4n) is 1.71. The molecule has 0 aliphatic carbocycles. The zero-order valence-corrected chi connectivity index (χ0v) is 12.7. The maximum Gasteiger partial charge on any atom is 0.134 e. The van der Waals surface area contributed by atoms with Crippen molar-refractivity contribution in [3.8, 4) is 17.9 Å². The molecular formula is C17H11BrN2O. The van der Waals surface area contributed by atoms with E-state index in [0.717, 1.165) is 15.6 Å². The Kier molecular flexibility index (Phi) is 5.15. The van der Waals surface area contributed by atoms with Crippen LogP contribution in [-0.2, 0) is 6.61 Å². The van der Waals surface area contributed by atoms with Gasteiger partial charge in [-0.05, 0) is 45.3 Å². The smallest absolute Gasteiger partial charge is 0.134 e. The Hall–Kier alpha value is -2.56. The Morgan fingerprint density at radius 3 is 2.48 bits per heavy atom. The first kappa shape index (κ1) is 14.8. The summed E-state index contributed by atoms with van der Waals surface area (Å²) in [5, 5.41) is 17.6. The van der Waals surface area contributed by atoms with Crippen LogP contribution in [0.4, 0.5) is 0 Å². The fraction of sp³-hybridized carbons (Fsp3) is 0.0588. The van der Waals surface area contributed by atoms with E-state index >= 15 is 0 Å². The molecule has 0 aliphatic rings. The van der Waals surface area contributed by atoms with Crippen LogP contribution in [0.1, 0.15) is 11.1 Å². The van der Waals surface area contributed by atoms with Gasteiger partial charge in [-0.3, -0.25) is 0 Å². The molecule has 0 spiro atoms. The number of hydrogen-bond donors (Lipinski definition) is 0. The Bertz CT molecular complexity index is 724. The predicted octanol–water partition coefficient (Wildman–Crippen LogP) is 4.46. The molecule has 102 valence electrons. The standard InChI is InChI=1S/C17H11BrN2O/c18-16-7-6-14(8-15(10-19)11-20)9-17(16)21-12-13-4-2-1-3-5-13/h1-9H,12H2. The summed E-state index contributed by atoms with van der Waals surface area (Å²) >= 11 is 3.43. The molecule has 0 atom stereocenters. The molecule has 0 saturated heterocycles. The van der Waals surface area contributed by atoms with Gasteiger partial charge in [0.2, 0.25) is 0 Å². The quantitative estimate of drug-likeness (QED) is 0.773. The minimum absolute atomic E-state index is 0.0614. The first-order valence-electron chi connectivity index (χ1n) is 6.21. The van der Waals surface area contributed by atoms with Crippen LogP contribution in [0.2, 0.25) is 0 Å². The van der Waals surface area contributed by atoms with Crippen LogP contribution in [0.3, 0.4) is 0 Å². The van der Waals surface area contributed by atoms with Crippen molar-refractivity contribution in [3.05, 3.63) is 69.7 Å². The summed E-state index contributed by atoms with van der Waals surface area (Å²) in [5.41, 5.74) is 1.88. The molecule has 2 rings (SSSR count). The summed E-state index contributed by atoms with van der Waals surface area (Å²) in [6.07, 6.45) is 1.53. The highest BCUT2D eigenvalue weighted by molar-refractivity contribution is 9.10. The lowest BCUT2D eigenvalue weighted by Gasteiger charge is -2.09. The molecule has 0 saturated carbocycles. The van der Waals surface area contributed by atoms with E-state index < -0.39 is 0 Å². The van der Waals surface area contributed by atoms with Crippen molar-refractivity contribution < 1.29 is 4.74 Å². The molecular weight excluding hydrogens is 328 g/mol. The Morgan fingerprint density at radius 2 is 1.81 bits per heavy atom. The fourth-order valence-corrected chi connectivity index (χ4v) is 2.07. The van der Waals surface area contributed by atoms with E-state index in [1.807, 2.05) is 54.6 Å². The van der Waals surface area contributed by atoms with Crippen molar-refractivity contribution in [1.82, 2.24) is 0 Å². The molecule has 0 unspecified atom stereocenters. The first-order valence-corrected chi connectivity index (χ1v) is 7.00. The van der Waals surface area contributed by atoms with Gasteiger partial charge in [0, 0.05) is 0 Å². The zero-order valence-electron chi connectivity index (χ0n) is 11.1. The van der Waals surface area contributed by atoms with Crippen LogP contribution in [-0.4, -0.2) is 0 Å². The molecule has 0 aromatic heterocycles. The highest BCUT2D eigenvalue weighted by atomic mass is 79.9. The van der Waals surface area contributed by atoms with Crippen molar-refractivity contribution in [1.29, 1.82) is 10.5 Å². The maximum absolute atomic E-state index is 8.78. The topological polar surface area (TPSA) is 56.8 Å². The number of nitrogens with zero attached hydrogens (tertiary/aromatic N) is 2. The van der Waals surface area contributed by atoms with E-state index in [2.05, 4.69) is 15.9 Å². The van der Waals surface area contributed by atoms with E-state index in [1.54, 1.807) is 6.07 Å². The molecule has 2 aromatic carbocycles. The van der Waals surface area contributed by atoms with Crippen molar-refractivity contribution in [3.63, 3.8) is 0 Å². The summed E-state index contributed by atoms with van der Waals surface area (Å²) in [6.45, 7) is 0.454. The molecule has 0 aliphatic heterocycles. The van der Waals surface area contributed by atoms with E-state index in [9.17, 15) is 0 Å². The van der Waals surface area contributed by atoms with E-state index in [-0.39, 0.29) is 5.57 Å². The Balaban J connectivity index is 2.19. The summed E-state index contributed by atoms with van der Waals surface area (Å²) in [5.74, 6) is 0.669. The van der Waals surface area contributed by atoms with Crippen LogP contribution in [0, 0.1) is 22.7 Å². The van der Waals surface area contributed by atoms with E-state index in [0.29, 0.717) is 12.4 Å². The SMILES string of the molecule is N#CC(C#N)=Cc1ccc(Br)c(OCc2ccccc2)c1. The third-order valence-corrected chi connectivity index (χ3v) is 3.40. The summed E-state index contributed by atoms with van der Waals surface area (Å²) in [4.78, 5) is 0. The summed E-state index contributed by atoms with van der Waals surface area (Å²) in [6, 6.07) is 19.0. The van der Waals surface area contributed by atoms with E-state index in [4.69, 9.17) is 15.3 Å². The van der Waals surface area contributed by atoms with Gasteiger partial charge in [-0.2, -0.15) is 10.5 Å². The van der Waals surface area contributed by atoms with Gasteiger partial charge < -0.3 is 4.74 Å². The lowest BCUT2D eigenvalue weighted by atomic mass is 10.1. The lowest BCUT2D eigenvalue weighted by Crippen LogP contribution is -1.96.